The lowest BCUT2D eigenvalue weighted by Gasteiger charge is -2.42. The molecule has 2 amide bonds. The van der Waals surface area contributed by atoms with Crippen LogP contribution >= 0.6 is 0 Å². The Morgan fingerprint density at radius 2 is 1.98 bits per heavy atom. The van der Waals surface area contributed by atoms with E-state index < -0.39 is 17.6 Å². The highest BCUT2D eigenvalue weighted by molar-refractivity contribution is 6.05. The number of piperazine rings is 1. The molecule has 2 aromatic rings. The molecule has 13 heteroatoms. The molecule has 206 valence electrons. The number of amidine groups is 1. The van der Waals surface area contributed by atoms with Gasteiger partial charge < -0.3 is 15.5 Å². The first-order valence-corrected chi connectivity index (χ1v) is 12.8. The Kier molecular flexibility index (Phi) is 6.36. The SMILES string of the molecule is N[N+]12C=CN=CC1=C([C@@H]1CC[C@@H]3CNCC(=O)N3C1)N=C2c1ccc(C(=O)Nc2cc(C(F)(F)F)ccn2)cc1. The average molecular weight is 552 g/mol. The summed E-state index contributed by atoms with van der Waals surface area (Å²) >= 11 is 0. The van der Waals surface area contributed by atoms with Crippen molar-refractivity contribution in [2.75, 3.05) is 25.0 Å². The van der Waals surface area contributed by atoms with E-state index >= 15 is 0 Å². The van der Waals surface area contributed by atoms with Crippen LogP contribution in [-0.2, 0) is 11.0 Å². The summed E-state index contributed by atoms with van der Waals surface area (Å²) in [7, 11) is 0. The summed E-state index contributed by atoms with van der Waals surface area (Å²) in [6.45, 7) is 1.67. The number of pyridine rings is 1. The van der Waals surface area contributed by atoms with Gasteiger partial charge in [-0.2, -0.15) is 24.0 Å². The van der Waals surface area contributed by atoms with E-state index in [9.17, 15) is 22.8 Å². The lowest BCUT2D eigenvalue weighted by Crippen LogP contribution is -2.58. The molecule has 6 rings (SSSR count). The molecule has 0 spiro atoms. The highest BCUT2D eigenvalue weighted by Crippen LogP contribution is 2.38. The van der Waals surface area contributed by atoms with Crippen LogP contribution in [0.3, 0.4) is 0 Å². The van der Waals surface area contributed by atoms with Gasteiger partial charge in [0.05, 0.1) is 30.1 Å². The van der Waals surface area contributed by atoms with Crippen LogP contribution in [0.1, 0.15) is 34.3 Å². The zero-order valence-corrected chi connectivity index (χ0v) is 21.2. The predicted molar refractivity (Wildman–Crippen MR) is 140 cm³/mol. The molecule has 0 saturated carbocycles. The number of quaternary nitrogens is 1. The second-order valence-corrected chi connectivity index (χ2v) is 10.1. The normalized spacial score (nSPS) is 25.9. The molecule has 4 N–H and O–H groups in total. The van der Waals surface area contributed by atoms with Crippen molar-refractivity contribution >= 4 is 29.7 Å². The van der Waals surface area contributed by atoms with E-state index in [1.165, 1.54) is 0 Å². The highest BCUT2D eigenvalue weighted by atomic mass is 19.4. The van der Waals surface area contributed by atoms with E-state index in [-0.39, 0.29) is 33.8 Å². The van der Waals surface area contributed by atoms with Crippen molar-refractivity contribution in [1.29, 1.82) is 0 Å². The van der Waals surface area contributed by atoms with Crippen LogP contribution in [-0.4, -0.2) is 64.0 Å². The van der Waals surface area contributed by atoms with Crippen LogP contribution in [0.15, 0.2) is 76.4 Å². The molecule has 0 radical (unpaired) electrons. The van der Waals surface area contributed by atoms with Crippen LogP contribution in [0, 0.1) is 5.92 Å². The minimum Gasteiger partial charge on any atom is -0.337 e. The number of anilines is 1. The molecule has 1 aromatic carbocycles. The van der Waals surface area contributed by atoms with E-state index in [0.29, 0.717) is 24.5 Å². The fourth-order valence-electron chi connectivity index (χ4n) is 5.56. The first-order chi connectivity index (χ1) is 19.1. The summed E-state index contributed by atoms with van der Waals surface area (Å²) < 4.78 is 38.8. The van der Waals surface area contributed by atoms with Crippen LogP contribution in [0.2, 0.25) is 0 Å². The topological polar surface area (TPSA) is 125 Å². The number of aliphatic imine (C=N–C) groups is 2. The van der Waals surface area contributed by atoms with Crippen molar-refractivity contribution in [1.82, 2.24) is 15.2 Å². The molecule has 5 heterocycles. The van der Waals surface area contributed by atoms with Crippen molar-refractivity contribution in [3.8, 4) is 0 Å². The second-order valence-electron chi connectivity index (χ2n) is 10.1. The maximum absolute atomic E-state index is 13.0. The van der Waals surface area contributed by atoms with Gasteiger partial charge in [-0.15, -0.1) is 4.59 Å². The van der Waals surface area contributed by atoms with Crippen LogP contribution in [0.5, 0.6) is 0 Å². The molecule has 4 aliphatic heterocycles. The Bertz CT molecular complexity index is 1500. The number of carbonyl (C=O) groups excluding carboxylic acids is 2. The smallest absolute Gasteiger partial charge is 0.337 e. The Morgan fingerprint density at radius 1 is 1.18 bits per heavy atom. The Balaban J connectivity index is 1.24. The van der Waals surface area contributed by atoms with Gasteiger partial charge in [-0.05, 0) is 49.2 Å². The Morgan fingerprint density at radius 3 is 2.75 bits per heavy atom. The molecule has 40 heavy (non-hydrogen) atoms. The Labute approximate surface area is 227 Å². The molecule has 0 aliphatic carbocycles. The maximum Gasteiger partial charge on any atom is 0.416 e. The quantitative estimate of drug-likeness (QED) is 0.398. The maximum atomic E-state index is 13.0. The summed E-state index contributed by atoms with van der Waals surface area (Å²) in [6, 6.07) is 8.28. The number of aromatic nitrogens is 1. The third-order valence-electron chi connectivity index (χ3n) is 7.63. The van der Waals surface area contributed by atoms with Gasteiger partial charge in [-0.1, -0.05) is 0 Å². The third kappa shape index (κ3) is 4.61. The number of hydrogen-bond donors (Lipinski definition) is 3. The number of alkyl halides is 3. The molecule has 2 saturated heterocycles. The Hall–Kier alpha value is -4.20. The molecule has 2 fully saturated rings. The summed E-state index contributed by atoms with van der Waals surface area (Å²) in [5.74, 6) is 6.64. The number of rotatable bonds is 4. The van der Waals surface area contributed by atoms with Crippen molar-refractivity contribution in [2.45, 2.75) is 25.1 Å². The highest BCUT2D eigenvalue weighted by Gasteiger charge is 2.47. The van der Waals surface area contributed by atoms with Gasteiger partial charge in [-0.3, -0.25) is 14.6 Å². The fourth-order valence-corrected chi connectivity index (χ4v) is 5.56. The summed E-state index contributed by atoms with van der Waals surface area (Å²) in [4.78, 5) is 40.3. The number of benzene rings is 1. The van der Waals surface area contributed by atoms with Gasteiger partial charge in [0.15, 0.2) is 0 Å². The van der Waals surface area contributed by atoms with E-state index in [4.69, 9.17) is 10.8 Å². The predicted octanol–water partition coefficient (Wildman–Crippen LogP) is 2.78. The number of nitrogens with zero attached hydrogens (tertiary/aromatic N) is 5. The molecule has 4 aliphatic rings. The van der Waals surface area contributed by atoms with Gasteiger partial charge in [0.1, 0.15) is 17.7 Å². The zero-order valence-electron chi connectivity index (χ0n) is 21.2. The molecular formula is C27H26F3N8O2+. The molecule has 1 unspecified atom stereocenters. The molecule has 10 nitrogen and oxygen atoms in total. The lowest BCUT2D eigenvalue weighted by molar-refractivity contribution is -0.750. The van der Waals surface area contributed by atoms with Crippen LogP contribution in [0.4, 0.5) is 19.0 Å². The van der Waals surface area contributed by atoms with Gasteiger partial charge >= 0.3 is 6.18 Å². The van der Waals surface area contributed by atoms with Crippen molar-refractivity contribution < 1.29 is 27.4 Å². The number of fused-ring (bicyclic) bond motifs is 2. The minimum absolute atomic E-state index is 0.00480. The van der Waals surface area contributed by atoms with E-state index in [0.717, 1.165) is 49.1 Å². The standard InChI is InChI=1S/C27H25F3N8O2/c28-27(29,30)19-7-8-34-22(11-19)35-26(40)17-3-1-16(2-4-17)25-36-24(21-13-32-9-10-38(21,25)31)18-5-6-20-12-33-14-23(39)37(20)15-18/h1-4,7-11,13,18,20,33H,5-6,12,14-15,31H2/p+1/t18-,20-,38?/m1/s1. The van der Waals surface area contributed by atoms with Crippen LogP contribution in [0.25, 0.3) is 0 Å². The average Bonchev–Trinajstić information content (AvgIpc) is 3.26. The minimum atomic E-state index is -4.55. The first-order valence-electron chi connectivity index (χ1n) is 12.8. The number of carbonyl (C=O) groups is 2. The lowest BCUT2D eigenvalue weighted by atomic mass is 9.88. The number of piperidine rings is 1. The summed E-state index contributed by atoms with van der Waals surface area (Å²) in [5, 5.41) is 5.58. The van der Waals surface area contributed by atoms with Gasteiger partial charge in [0, 0.05) is 36.8 Å². The fraction of sp³-hybridized carbons (Fsp3) is 0.296. The van der Waals surface area contributed by atoms with E-state index in [2.05, 4.69) is 20.6 Å². The van der Waals surface area contributed by atoms with Crippen molar-refractivity contribution in [3.05, 3.63) is 83.1 Å². The number of halogens is 3. The number of nitrogens with one attached hydrogen (secondary N) is 2. The molecule has 1 aromatic heterocycles. The van der Waals surface area contributed by atoms with E-state index in [1.54, 1.807) is 42.9 Å². The van der Waals surface area contributed by atoms with Gasteiger partial charge in [0.2, 0.25) is 11.6 Å². The monoisotopic (exact) mass is 551 g/mol. The van der Waals surface area contributed by atoms with Crippen molar-refractivity contribution in [3.63, 3.8) is 0 Å². The third-order valence-corrected chi connectivity index (χ3v) is 7.63. The molecular weight excluding hydrogens is 525 g/mol. The number of amides is 2. The number of hydrogen-bond acceptors (Lipinski definition) is 7. The van der Waals surface area contributed by atoms with Gasteiger partial charge in [0.25, 0.3) is 11.7 Å². The largest absolute Gasteiger partial charge is 0.416 e. The van der Waals surface area contributed by atoms with E-state index in [1.807, 2.05) is 4.90 Å². The first kappa shape index (κ1) is 26.0. The number of nitrogens with two attached hydrogens (primary N) is 1. The van der Waals surface area contributed by atoms with Crippen molar-refractivity contribution in [2.24, 2.45) is 21.7 Å². The summed E-state index contributed by atoms with van der Waals surface area (Å²) in [5.41, 5.74) is 1.49. The zero-order chi connectivity index (χ0) is 28.1. The molecule has 0 bridgehead atoms. The summed E-state index contributed by atoms with van der Waals surface area (Å²) in [6.07, 6.45) is 3.17. The van der Waals surface area contributed by atoms with Crippen LogP contribution < -0.4 is 16.5 Å². The second kappa shape index (κ2) is 9.77. The number of allylic oxidation sites excluding steroid dienone is 1. The van der Waals surface area contributed by atoms with Gasteiger partial charge in [-0.25, -0.2) is 4.98 Å². The molecule has 3 atom stereocenters.